The predicted octanol–water partition coefficient (Wildman–Crippen LogP) is 2.10. The molecule has 0 atom stereocenters. The third-order valence-electron chi connectivity index (χ3n) is 3.77. The predicted molar refractivity (Wildman–Crippen MR) is 77.8 cm³/mol. The van der Waals surface area contributed by atoms with Crippen LogP contribution in [0.25, 0.3) is 0 Å². The smallest absolute Gasteiger partial charge is 0.0558 e. The number of nitrogens with zero attached hydrogens (tertiary/aromatic N) is 1. The summed E-state index contributed by atoms with van der Waals surface area (Å²) in [5, 5.41) is 12.8. The molecule has 0 heterocycles. The van der Waals surface area contributed by atoms with Crippen LogP contribution >= 0.6 is 0 Å². The summed E-state index contributed by atoms with van der Waals surface area (Å²) < 4.78 is 0. The number of rotatable bonds is 9. The molecule has 108 valence electrons. The summed E-state index contributed by atoms with van der Waals surface area (Å²) in [7, 11) is 0. The van der Waals surface area contributed by atoms with E-state index in [0.717, 1.165) is 32.2 Å². The highest BCUT2D eigenvalue weighted by Gasteiger charge is 2.29. The van der Waals surface area contributed by atoms with E-state index in [9.17, 15) is 5.11 Å². The van der Waals surface area contributed by atoms with Crippen LogP contribution in [0.5, 0.6) is 0 Å². The van der Waals surface area contributed by atoms with Gasteiger partial charge in [-0.2, -0.15) is 0 Å². The molecule has 1 fully saturated rings. The van der Waals surface area contributed by atoms with Crippen molar-refractivity contribution in [1.29, 1.82) is 0 Å². The van der Waals surface area contributed by atoms with E-state index in [0.29, 0.717) is 5.92 Å². The van der Waals surface area contributed by atoms with Crippen LogP contribution < -0.4 is 5.32 Å². The van der Waals surface area contributed by atoms with Crippen LogP contribution in [0.3, 0.4) is 0 Å². The Morgan fingerprint density at radius 1 is 1.33 bits per heavy atom. The van der Waals surface area contributed by atoms with Crippen LogP contribution in [0.2, 0.25) is 0 Å². The molecule has 0 aliphatic heterocycles. The fourth-order valence-electron chi connectivity index (χ4n) is 2.58. The molecule has 0 saturated heterocycles. The number of hydrogen-bond donors (Lipinski definition) is 2. The number of aliphatic hydroxyl groups excluding tert-OH is 1. The van der Waals surface area contributed by atoms with Crippen molar-refractivity contribution in [1.82, 2.24) is 10.2 Å². The highest BCUT2D eigenvalue weighted by atomic mass is 16.3. The monoisotopic (exact) mass is 256 g/mol. The van der Waals surface area contributed by atoms with Crippen molar-refractivity contribution in [2.24, 2.45) is 11.3 Å². The van der Waals surface area contributed by atoms with Gasteiger partial charge in [-0.15, -0.1) is 0 Å². The lowest BCUT2D eigenvalue weighted by molar-refractivity contribution is 0.0639. The lowest BCUT2D eigenvalue weighted by Crippen LogP contribution is -2.48. The topological polar surface area (TPSA) is 35.5 Å². The van der Waals surface area contributed by atoms with Crippen molar-refractivity contribution in [2.45, 2.75) is 53.0 Å². The van der Waals surface area contributed by atoms with Gasteiger partial charge >= 0.3 is 0 Å². The molecule has 0 aromatic carbocycles. The van der Waals surface area contributed by atoms with Crippen molar-refractivity contribution in [3.63, 3.8) is 0 Å². The molecule has 0 spiro atoms. The Hall–Kier alpha value is -0.120. The van der Waals surface area contributed by atoms with E-state index in [1.807, 2.05) is 0 Å². The van der Waals surface area contributed by atoms with Gasteiger partial charge in [-0.25, -0.2) is 0 Å². The molecule has 0 unspecified atom stereocenters. The van der Waals surface area contributed by atoms with E-state index in [-0.39, 0.29) is 12.0 Å². The maximum Gasteiger partial charge on any atom is 0.0558 e. The van der Waals surface area contributed by atoms with Gasteiger partial charge in [-0.05, 0) is 30.7 Å². The van der Waals surface area contributed by atoms with Gasteiger partial charge in [0.25, 0.3) is 0 Å². The highest BCUT2D eigenvalue weighted by molar-refractivity contribution is 4.85. The number of hydrogen-bond acceptors (Lipinski definition) is 3. The van der Waals surface area contributed by atoms with Gasteiger partial charge in [0.2, 0.25) is 0 Å². The van der Waals surface area contributed by atoms with E-state index >= 15 is 0 Å². The van der Waals surface area contributed by atoms with Crippen LogP contribution in [0.4, 0.5) is 0 Å². The molecule has 0 aromatic heterocycles. The third-order valence-corrected chi connectivity index (χ3v) is 3.77. The first-order valence-electron chi connectivity index (χ1n) is 7.50. The molecule has 3 heteroatoms. The van der Waals surface area contributed by atoms with E-state index in [2.05, 4.69) is 37.9 Å². The fourth-order valence-corrected chi connectivity index (χ4v) is 2.58. The average molecular weight is 256 g/mol. The minimum atomic E-state index is 0.277. The molecule has 3 nitrogen and oxygen atoms in total. The lowest BCUT2D eigenvalue weighted by Gasteiger charge is -2.41. The van der Waals surface area contributed by atoms with Crippen molar-refractivity contribution in [3.05, 3.63) is 0 Å². The van der Waals surface area contributed by atoms with Gasteiger partial charge in [0.05, 0.1) is 6.61 Å². The minimum absolute atomic E-state index is 0.277. The number of aliphatic hydroxyl groups is 1. The number of nitrogens with one attached hydrogen (secondary N) is 1. The Balaban J connectivity index is 2.34. The molecular formula is C15H32N2O. The fraction of sp³-hybridized carbons (Fsp3) is 1.00. The zero-order valence-electron chi connectivity index (χ0n) is 12.7. The summed E-state index contributed by atoms with van der Waals surface area (Å²) in [6.45, 7) is 13.5. The largest absolute Gasteiger partial charge is 0.395 e. The van der Waals surface area contributed by atoms with Gasteiger partial charge < -0.3 is 10.4 Å². The van der Waals surface area contributed by atoms with Gasteiger partial charge in [0, 0.05) is 25.7 Å². The van der Waals surface area contributed by atoms with Crippen LogP contribution in [0.1, 0.15) is 47.0 Å². The highest BCUT2D eigenvalue weighted by Crippen LogP contribution is 2.27. The van der Waals surface area contributed by atoms with Gasteiger partial charge in [0.1, 0.15) is 0 Å². The molecule has 18 heavy (non-hydrogen) atoms. The summed E-state index contributed by atoms with van der Waals surface area (Å²) >= 11 is 0. The maximum atomic E-state index is 9.19. The van der Waals surface area contributed by atoms with E-state index in [1.165, 1.54) is 19.3 Å². The second kappa shape index (κ2) is 7.46. The van der Waals surface area contributed by atoms with Gasteiger partial charge in [-0.3, -0.25) is 4.90 Å². The zero-order chi connectivity index (χ0) is 13.6. The summed E-state index contributed by atoms with van der Waals surface area (Å²) in [4.78, 5) is 2.49. The summed E-state index contributed by atoms with van der Waals surface area (Å²) in [5.74, 6) is 0.709. The molecule has 1 aliphatic carbocycles. The van der Waals surface area contributed by atoms with E-state index < -0.39 is 0 Å². The standard InChI is InChI=1S/C15H32N2O/c1-13(2)10-16-11-15(3,4)12-17(8-9-18)14-6-5-7-14/h13-14,16,18H,5-12H2,1-4H3. The van der Waals surface area contributed by atoms with Crippen molar-refractivity contribution >= 4 is 0 Å². The first kappa shape index (κ1) is 15.9. The molecule has 2 N–H and O–H groups in total. The quantitative estimate of drug-likeness (QED) is 0.663. The molecule has 1 aliphatic rings. The normalized spacial score (nSPS) is 17.5. The Labute approximate surface area is 113 Å². The van der Waals surface area contributed by atoms with E-state index in [1.54, 1.807) is 0 Å². The molecule has 1 rings (SSSR count). The molecular weight excluding hydrogens is 224 g/mol. The lowest BCUT2D eigenvalue weighted by atomic mass is 9.87. The van der Waals surface area contributed by atoms with Crippen molar-refractivity contribution in [3.8, 4) is 0 Å². The molecule has 0 amide bonds. The second-order valence-corrected chi connectivity index (χ2v) is 6.97. The summed E-state index contributed by atoms with van der Waals surface area (Å²) in [5.41, 5.74) is 0.277. The molecule has 0 radical (unpaired) electrons. The molecule has 0 bridgehead atoms. The molecule has 1 saturated carbocycles. The van der Waals surface area contributed by atoms with E-state index in [4.69, 9.17) is 0 Å². The Morgan fingerprint density at radius 3 is 2.44 bits per heavy atom. The first-order valence-corrected chi connectivity index (χ1v) is 7.50. The Bertz CT molecular complexity index is 225. The van der Waals surface area contributed by atoms with Gasteiger partial charge in [-0.1, -0.05) is 34.1 Å². The van der Waals surface area contributed by atoms with Gasteiger partial charge in [0.15, 0.2) is 0 Å². The maximum absolute atomic E-state index is 9.19. The summed E-state index contributed by atoms with van der Waals surface area (Å²) in [6, 6.07) is 0.724. The van der Waals surface area contributed by atoms with Crippen LogP contribution in [0, 0.1) is 11.3 Å². The molecule has 0 aromatic rings. The summed E-state index contributed by atoms with van der Waals surface area (Å²) in [6.07, 6.45) is 3.99. The third kappa shape index (κ3) is 5.68. The van der Waals surface area contributed by atoms with Crippen molar-refractivity contribution < 1.29 is 5.11 Å². The zero-order valence-corrected chi connectivity index (χ0v) is 12.7. The second-order valence-electron chi connectivity index (χ2n) is 6.97. The van der Waals surface area contributed by atoms with Crippen LogP contribution in [0.15, 0.2) is 0 Å². The average Bonchev–Trinajstić information content (AvgIpc) is 2.13. The SMILES string of the molecule is CC(C)CNCC(C)(C)CN(CCO)C1CCC1. The minimum Gasteiger partial charge on any atom is -0.395 e. The van der Waals surface area contributed by atoms with Crippen LogP contribution in [-0.2, 0) is 0 Å². The van der Waals surface area contributed by atoms with Crippen molar-refractivity contribution in [2.75, 3.05) is 32.8 Å². The Kier molecular flexibility index (Phi) is 6.61. The van der Waals surface area contributed by atoms with Crippen LogP contribution in [-0.4, -0.2) is 48.8 Å². The Morgan fingerprint density at radius 2 is 2.00 bits per heavy atom. The first-order chi connectivity index (χ1) is 8.44.